The first-order valence-electron chi connectivity index (χ1n) is 14.8. The van der Waals surface area contributed by atoms with Crippen molar-refractivity contribution >= 4 is 58.3 Å². The molecule has 2 aromatic carbocycles. The Morgan fingerprint density at radius 3 is 2.49 bits per heavy atom. The molecule has 3 N–H and O–H groups in total. The summed E-state index contributed by atoms with van der Waals surface area (Å²) in [6.45, 7) is 6.33. The quantitative estimate of drug-likeness (QED) is 0.269. The van der Waals surface area contributed by atoms with E-state index >= 15 is 0 Å². The fourth-order valence-electron chi connectivity index (χ4n) is 5.79. The molecule has 2 saturated heterocycles. The van der Waals surface area contributed by atoms with Crippen molar-refractivity contribution in [2.45, 2.75) is 57.5 Å². The van der Waals surface area contributed by atoms with E-state index in [0.29, 0.717) is 36.2 Å². The molecule has 16 heteroatoms. The average Bonchev–Trinajstić information content (AvgIpc) is 3.67. The number of carbonyl (C=O) groups excluding carboxylic acids is 3. The summed E-state index contributed by atoms with van der Waals surface area (Å²) >= 11 is 6.93. The molecule has 0 bridgehead atoms. The lowest BCUT2D eigenvalue weighted by molar-refractivity contribution is -0.150. The Hall–Kier alpha value is -3.00. The second kappa shape index (κ2) is 13.1. The Morgan fingerprint density at radius 2 is 1.83 bits per heavy atom. The lowest BCUT2D eigenvalue weighted by Gasteiger charge is -2.38. The maximum absolute atomic E-state index is 14.3. The van der Waals surface area contributed by atoms with Crippen molar-refractivity contribution in [1.29, 1.82) is 0 Å². The number of nitrogens with one attached hydrogen (secondary N) is 1. The van der Waals surface area contributed by atoms with Gasteiger partial charge in [0.15, 0.2) is 0 Å². The molecule has 3 heterocycles. The van der Waals surface area contributed by atoms with Crippen LogP contribution in [-0.2, 0) is 24.6 Å². The molecule has 3 amide bonds. The normalized spacial score (nSPS) is 20.0. The number of fused-ring (bicyclic) bond motifs is 1. The summed E-state index contributed by atoms with van der Waals surface area (Å²) in [4.78, 5) is 62.7. The molecule has 3 aromatic rings. The summed E-state index contributed by atoms with van der Waals surface area (Å²) in [6.07, 6.45) is 0.475. The van der Waals surface area contributed by atoms with Crippen LogP contribution in [0.1, 0.15) is 60.5 Å². The van der Waals surface area contributed by atoms with Crippen LogP contribution >= 0.6 is 30.5 Å². The van der Waals surface area contributed by atoms with Crippen molar-refractivity contribution in [1.82, 2.24) is 15.1 Å². The molecule has 0 spiro atoms. The fourth-order valence-corrected chi connectivity index (χ4v) is 7.40. The summed E-state index contributed by atoms with van der Waals surface area (Å²) in [5, 5.41) is 2.90. The van der Waals surface area contributed by atoms with E-state index in [2.05, 4.69) is 5.32 Å². The third kappa shape index (κ3) is 7.23. The number of halogens is 4. The van der Waals surface area contributed by atoms with Gasteiger partial charge in [0.1, 0.15) is 24.0 Å². The molecule has 10 nitrogen and oxygen atoms in total. The Bertz CT molecular complexity index is 1760. The minimum Gasteiger partial charge on any atom is -0.370 e. The van der Waals surface area contributed by atoms with Crippen LogP contribution < -0.4 is 5.32 Å². The smallest absolute Gasteiger partial charge is 0.370 e. The van der Waals surface area contributed by atoms with E-state index in [1.807, 2.05) is 0 Å². The molecular formula is C31H34ClF3N3O7PS. The molecule has 254 valence electrons. The van der Waals surface area contributed by atoms with Gasteiger partial charge in [0.25, 0.3) is 5.91 Å². The number of ether oxygens (including phenoxy) is 1. The molecule has 5 rings (SSSR count). The Kier molecular flexibility index (Phi) is 9.87. The van der Waals surface area contributed by atoms with E-state index < -0.39 is 60.1 Å². The van der Waals surface area contributed by atoms with Crippen LogP contribution in [0.15, 0.2) is 42.5 Å². The first-order chi connectivity index (χ1) is 21.9. The predicted octanol–water partition coefficient (Wildman–Crippen LogP) is 5.66. The van der Waals surface area contributed by atoms with Gasteiger partial charge in [0.2, 0.25) is 11.8 Å². The predicted molar refractivity (Wildman–Crippen MR) is 170 cm³/mol. The number of thiophene rings is 1. The Morgan fingerprint density at radius 1 is 1.11 bits per heavy atom. The summed E-state index contributed by atoms with van der Waals surface area (Å²) in [5.74, 6) is -1.91. The molecule has 0 aliphatic carbocycles. The van der Waals surface area contributed by atoms with Gasteiger partial charge in [0.05, 0.1) is 23.1 Å². The van der Waals surface area contributed by atoms with Crippen molar-refractivity contribution in [3.05, 3.63) is 69.3 Å². The molecule has 0 radical (unpaired) electrons. The maximum Gasteiger partial charge on any atom is 0.399 e. The van der Waals surface area contributed by atoms with E-state index in [-0.39, 0.29) is 34.3 Å². The zero-order chi connectivity index (χ0) is 34.5. The van der Waals surface area contributed by atoms with Crippen LogP contribution in [0.25, 0.3) is 10.1 Å². The number of benzene rings is 2. The van der Waals surface area contributed by atoms with Gasteiger partial charge in [-0.25, -0.2) is 4.39 Å². The first-order valence-corrected chi connectivity index (χ1v) is 17.6. The average molecular weight is 716 g/mol. The third-order valence-electron chi connectivity index (χ3n) is 8.36. The molecule has 2 unspecified atom stereocenters. The van der Waals surface area contributed by atoms with Crippen molar-refractivity contribution in [3.8, 4) is 0 Å². The van der Waals surface area contributed by atoms with Gasteiger partial charge in [-0.2, -0.15) is 8.78 Å². The van der Waals surface area contributed by atoms with Crippen molar-refractivity contribution < 1.29 is 46.6 Å². The SMILES string of the molecule is CC(C)(C)C(NC(=O)c1cc2cc(C(F)(F)P(=O)(O)O)ccc2s1)C(=O)N1CCC[C@H]1C(=O)N1CCOC(c2ccc(F)c(Cl)c2)C1. The largest absolute Gasteiger partial charge is 0.399 e. The topological polar surface area (TPSA) is 136 Å². The highest BCUT2D eigenvalue weighted by atomic mass is 35.5. The molecule has 1 aromatic heterocycles. The van der Waals surface area contributed by atoms with E-state index in [9.17, 15) is 32.1 Å². The first kappa shape index (κ1) is 35.3. The molecule has 0 saturated carbocycles. The molecular weight excluding hydrogens is 682 g/mol. The van der Waals surface area contributed by atoms with Crippen LogP contribution in [-0.4, -0.2) is 75.6 Å². The molecule has 2 aliphatic heterocycles. The zero-order valence-corrected chi connectivity index (χ0v) is 28.2. The number of carbonyl (C=O) groups is 3. The van der Waals surface area contributed by atoms with E-state index in [0.717, 1.165) is 23.5 Å². The molecule has 3 atom stereocenters. The van der Waals surface area contributed by atoms with Crippen LogP contribution in [0.5, 0.6) is 0 Å². The highest BCUT2D eigenvalue weighted by molar-refractivity contribution is 7.52. The molecule has 47 heavy (non-hydrogen) atoms. The minimum atomic E-state index is -5.78. The Labute approximate surface area is 278 Å². The number of likely N-dealkylation sites (tertiary alicyclic amines) is 1. The van der Waals surface area contributed by atoms with Crippen molar-refractivity contribution in [2.75, 3.05) is 26.2 Å². The van der Waals surface area contributed by atoms with Gasteiger partial charge < -0.3 is 29.6 Å². The summed E-state index contributed by atoms with van der Waals surface area (Å²) in [5.41, 5.74) is -5.46. The lowest BCUT2D eigenvalue weighted by atomic mass is 9.85. The zero-order valence-electron chi connectivity index (χ0n) is 25.7. The van der Waals surface area contributed by atoms with E-state index in [1.165, 1.54) is 29.2 Å². The number of rotatable bonds is 7. The van der Waals surface area contributed by atoms with Gasteiger partial charge >= 0.3 is 13.3 Å². The van der Waals surface area contributed by atoms with Gasteiger partial charge in [-0.1, -0.05) is 44.5 Å². The lowest BCUT2D eigenvalue weighted by Crippen LogP contribution is -2.58. The van der Waals surface area contributed by atoms with Gasteiger partial charge in [0, 0.05) is 23.4 Å². The van der Waals surface area contributed by atoms with E-state index in [1.54, 1.807) is 31.7 Å². The van der Waals surface area contributed by atoms with Gasteiger partial charge in [-0.3, -0.25) is 18.9 Å². The molecule has 2 aliphatic rings. The van der Waals surface area contributed by atoms with Gasteiger partial charge in [-0.05, 0) is 59.5 Å². The highest BCUT2D eigenvalue weighted by Gasteiger charge is 2.50. The number of morpholine rings is 1. The number of nitrogens with zero attached hydrogens (tertiary/aromatic N) is 2. The summed E-state index contributed by atoms with van der Waals surface area (Å²) < 4.78 is 59.9. The maximum atomic E-state index is 14.3. The minimum absolute atomic E-state index is 0.0563. The standard InChI is InChI=1S/C31H34ClF3N3O7PS/c1-30(2,3)26(36-27(39)25-15-18-13-19(7-9-24(18)47-25)31(34,35)46(42,43)44)29(41)38-10-4-5-22(38)28(40)37-11-12-45-23(16-37)17-6-8-21(33)20(32)14-17/h6-9,13-15,22-23,26H,4-5,10-12,16H2,1-3H3,(H,36,39)(H2,42,43,44)/t22-,23?,26?/m0/s1. The van der Waals surface area contributed by atoms with E-state index in [4.69, 9.17) is 26.1 Å². The monoisotopic (exact) mass is 715 g/mol. The number of amides is 3. The second-order valence-electron chi connectivity index (χ2n) is 12.7. The fraction of sp³-hybridized carbons (Fsp3) is 0.452. The summed E-state index contributed by atoms with van der Waals surface area (Å²) in [6, 6.07) is 6.83. The van der Waals surface area contributed by atoms with Crippen LogP contribution in [0.4, 0.5) is 13.2 Å². The summed E-state index contributed by atoms with van der Waals surface area (Å²) in [7, 11) is -5.78. The van der Waals surface area contributed by atoms with Gasteiger partial charge in [-0.15, -0.1) is 11.3 Å². The number of hydrogen-bond donors (Lipinski definition) is 3. The highest BCUT2D eigenvalue weighted by Crippen LogP contribution is 2.59. The number of alkyl halides is 2. The Balaban J connectivity index is 1.32. The number of hydrogen-bond acceptors (Lipinski definition) is 6. The van der Waals surface area contributed by atoms with Crippen molar-refractivity contribution in [2.24, 2.45) is 5.41 Å². The molecule has 2 fully saturated rings. The van der Waals surface area contributed by atoms with Crippen LogP contribution in [0.3, 0.4) is 0 Å². The second-order valence-corrected chi connectivity index (χ2v) is 15.9. The van der Waals surface area contributed by atoms with Crippen molar-refractivity contribution in [3.63, 3.8) is 0 Å². The third-order valence-corrected chi connectivity index (χ3v) is 10.8. The van der Waals surface area contributed by atoms with Crippen LogP contribution in [0, 0.1) is 11.2 Å². The van der Waals surface area contributed by atoms with Crippen LogP contribution in [0.2, 0.25) is 5.02 Å².